The number of fused-ring (bicyclic) bond motifs is 5. The molecule has 2 amide bonds. The highest BCUT2D eigenvalue weighted by molar-refractivity contribution is 7.23. The molecule has 3 aromatic heterocycles. The van der Waals surface area contributed by atoms with E-state index >= 15 is 8.78 Å². The van der Waals surface area contributed by atoms with E-state index in [9.17, 15) is 14.9 Å². The number of nitriles is 1. The van der Waals surface area contributed by atoms with Gasteiger partial charge in [-0.1, -0.05) is 0 Å². The Hall–Kier alpha value is -4.68. The predicted molar refractivity (Wildman–Crippen MR) is 183 cm³/mol. The van der Waals surface area contributed by atoms with Gasteiger partial charge in [-0.15, -0.1) is 11.3 Å². The summed E-state index contributed by atoms with van der Waals surface area (Å²) in [7, 11) is 0. The highest BCUT2D eigenvalue weighted by Crippen LogP contribution is 2.46. The molecule has 3 aliphatic heterocycles. The van der Waals surface area contributed by atoms with Gasteiger partial charge in [-0.05, 0) is 71.9 Å². The molecule has 2 unspecified atom stereocenters. The van der Waals surface area contributed by atoms with Gasteiger partial charge in [0.05, 0.1) is 47.5 Å². The van der Waals surface area contributed by atoms with Gasteiger partial charge in [0, 0.05) is 35.6 Å². The molecule has 2 fully saturated rings. The van der Waals surface area contributed by atoms with Crippen molar-refractivity contribution in [1.82, 2.24) is 19.9 Å². The van der Waals surface area contributed by atoms with Gasteiger partial charge in [0.15, 0.2) is 11.6 Å². The second-order valence-corrected chi connectivity index (χ2v) is 15.7. The van der Waals surface area contributed by atoms with Crippen LogP contribution in [0.15, 0.2) is 12.4 Å². The zero-order valence-electron chi connectivity index (χ0n) is 28.6. The lowest BCUT2D eigenvalue weighted by Gasteiger charge is -2.40. The monoisotopic (exact) mass is 705 g/mol. The Morgan fingerprint density at radius 2 is 1.76 bits per heavy atom. The average Bonchev–Trinajstić information content (AvgIpc) is 3.77. The molecule has 3 aliphatic rings. The van der Waals surface area contributed by atoms with Crippen molar-refractivity contribution < 1.29 is 32.6 Å². The van der Waals surface area contributed by atoms with E-state index in [1.54, 1.807) is 31.9 Å². The zero-order chi connectivity index (χ0) is 35.7. The van der Waals surface area contributed by atoms with E-state index in [0.717, 1.165) is 30.4 Å². The van der Waals surface area contributed by atoms with E-state index in [0.29, 0.717) is 42.0 Å². The van der Waals surface area contributed by atoms with Gasteiger partial charge in [-0.3, -0.25) is 10.3 Å². The number of anilines is 2. The maximum atomic E-state index is 17.1. The predicted octanol–water partition coefficient (Wildman–Crippen LogP) is 7.41. The third-order valence-electron chi connectivity index (χ3n) is 9.01. The van der Waals surface area contributed by atoms with Crippen LogP contribution >= 0.6 is 11.3 Å². The Morgan fingerprint density at radius 1 is 1.02 bits per heavy atom. The van der Waals surface area contributed by atoms with Crippen LogP contribution in [0.4, 0.5) is 29.3 Å². The van der Waals surface area contributed by atoms with E-state index in [2.05, 4.69) is 21.4 Å². The molecule has 7 rings (SSSR count). The Kier molecular flexibility index (Phi) is 8.30. The lowest BCUT2D eigenvalue weighted by atomic mass is 9.94. The van der Waals surface area contributed by atoms with Crippen molar-refractivity contribution in [3.8, 4) is 17.3 Å². The van der Waals surface area contributed by atoms with E-state index in [1.165, 1.54) is 0 Å². The smallest absolute Gasteiger partial charge is 0.412 e. The van der Waals surface area contributed by atoms with Crippen molar-refractivity contribution in [3.05, 3.63) is 40.7 Å². The van der Waals surface area contributed by atoms with E-state index in [-0.39, 0.29) is 68.8 Å². The average molecular weight is 706 g/mol. The minimum Gasteiger partial charge on any atom is -0.444 e. The number of carbonyl (C=O) groups is 2. The molecule has 0 aliphatic carbocycles. The summed E-state index contributed by atoms with van der Waals surface area (Å²) >= 11 is 0.843. The summed E-state index contributed by atoms with van der Waals surface area (Å²) in [6, 6.07) is 1.88. The molecule has 0 spiro atoms. The van der Waals surface area contributed by atoms with Gasteiger partial charge >= 0.3 is 12.2 Å². The van der Waals surface area contributed by atoms with Crippen LogP contribution in [0, 0.1) is 23.0 Å². The van der Waals surface area contributed by atoms with Crippen LogP contribution in [0.2, 0.25) is 0 Å². The number of hydrogen-bond acceptors (Lipinski definition) is 11. The summed E-state index contributed by atoms with van der Waals surface area (Å²) in [5.74, 6) is -1.11. The number of hydrogen-bond donors (Lipinski definition) is 1. The number of rotatable bonds is 3. The Labute approximate surface area is 291 Å². The van der Waals surface area contributed by atoms with Crippen LogP contribution in [-0.2, 0) is 27.4 Å². The first kappa shape index (κ1) is 33.8. The van der Waals surface area contributed by atoms with Crippen LogP contribution < -0.4 is 10.2 Å². The number of likely N-dealkylation sites (tertiary alicyclic amines) is 1. The van der Waals surface area contributed by atoms with Crippen LogP contribution in [0.3, 0.4) is 0 Å². The Balaban J connectivity index is 1.32. The molecule has 15 heteroatoms. The molecule has 2 atom stereocenters. The van der Waals surface area contributed by atoms with Crippen molar-refractivity contribution >= 4 is 55.5 Å². The summed E-state index contributed by atoms with van der Waals surface area (Å²) in [6.45, 7) is 12.0. The minimum absolute atomic E-state index is 0.0306. The second-order valence-electron chi connectivity index (χ2n) is 14.7. The number of aromatic nitrogens is 3. The molecular formula is C35H37F2N7O5S. The third-order valence-corrected chi connectivity index (χ3v) is 10.1. The molecule has 50 heavy (non-hydrogen) atoms. The van der Waals surface area contributed by atoms with Crippen LogP contribution in [0.1, 0.15) is 77.5 Å². The van der Waals surface area contributed by atoms with E-state index in [1.807, 2.05) is 25.7 Å². The number of carbonyl (C=O) groups excluding carboxylic acids is 2. The SMILES string of the molecule is CC(C)(C)OC(=O)Nc1sc2c(F)cnc(-c3c4c(c5cnc(N6CCC7C6CCCN7C(=O)OC(C)(C)C)nc5c3F)COC4)c2c1C#N. The fraction of sp³-hybridized carbons (Fsp3) is 0.486. The van der Waals surface area contributed by atoms with Crippen molar-refractivity contribution in [2.45, 2.75) is 97.3 Å². The van der Waals surface area contributed by atoms with Crippen molar-refractivity contribution in [1.29, 1.82) is 5.26 Å². The summed E-state index contributed by atoms with van der Waals surface area (Å²) in [5, 5.41) is 13.4. The number of ether oxygens (including phenoxy) is 3. The van der Waals surface area contributed by atoms with Crippen molar-refractivity contribution in [2.75, 3.05) is 23.3 Å². The molecule has 0 bridgehead atoms. The number of pyridine rings is 1. The van der Waals surface area contributed by atoms with Crippen LogP contribution in [-0.4, -0.2) is 68.4 Å². The molecule has 2 saturated heterocycles. The maximum absolute atomic E-state index is 17.1. The quantitative estimate of drug-likeness (QED) is 0.229. The molecule has 6 heterocycles. The summed E-state index contributed by atoms with van der Waals surface area (Å²) in [6.07, 6.45) is 3.67. The number of benzene rings is 1. The van der Waals surface area contributed by atoms with E-state index in [4.69, 9.17) is 19.2 Å². The van der Waals surface area contributed by atoms with Crippen molar-refractivity contribution in [2.24, 2.45) is 0 Å². The number of nitrogens with zero attached hydrogens (tertiary/aromatic N) is 6. The van der Waals surface area contributed by atoms with Gasteiger partial charge in [-0.25, -0.2) is 28.3 Å². The number of thiophene rings is 1. The first-order chi connectivity index (χ1) is 23.6. The Bertz CT molecular complexity index is 2100. The molecule has 0 radical (unpaired) electrons. The lowest BCUT2D eigenvalue weighted by molar-refractivity contribution is 0.00952. The van der Waals surface area contributed by atoms with Gasteiger partial charge in [0.25, 0.3) is 0 Å². The van der Waals surface area contributed by atoms with Crippen molar-refractivity contribution in [3.63, 3.8) is 0 Å². The standard InChI is InChI=1S/C35H37F2N7O5S/c1-34(2,3)48-32(45)42-30-17(12-38)25-28(39-14-21(36)29(25)50-30)24-20-16-47-15-19(20)18-13-40-31(41-27(18)26(24)37)43-11-9-23-22(43)8-7-10-44(23)33(46)49-35(4,5)6/h13-14,22-23H,7-11,15-16H2,1-6H3,(H,42,45). The Morgan fingerprint density at radius 3 is 2.48 bits per heavy atom. The first-order valence-electron chi connectivity index (χ1n) is 16.5. The normalized spacial score (nSPS) is 19.0. The fourth-order valence-corrected chi connectivity index (χ4v) is 8.16. The van der Waals surface area contributed by atoms with Gasteiger partial charge in [0.1, 0.15) is 27.8 Å². The zero-order valence-corrected chi connectivity index (χ0v) is 29.5. The number of halogens is 2. The molecule has 1 aromatic carbocycles. The molecule has 0 saturated carbocycles. The minimum atomic E-state index is -0.817. The largest absolute Gasteiger partial charge is 0.444 e. The van der Waals surface area contributed by atoms with E-state index < -0.39 is 28.9 Å². The van der Waals surface area contributed by atoms with Gasteiger partial charge in [0.2, 0.25) is 5.95 Å². The molecular weight excluding hydrogens is 668 g/mol. The second kappa shape index (κ2) is 12.3. The topological polar surface area (TPSA) is 143 Å². The molecule has 4 aromatic rings. The lowest BCUT2D eigenvalue weighted by Crippen LogP contribution is -2.53. The molecule has 262 valence electrons. The van der Waals surface area contributed by atoms with Crippen LogP contribution in [0.25, 0.3) is 32.2 Å². The third kappa shape index (κ3) is 5.94. The highest BCUT2D eigenvalue weighted by atomic mass is 32.1. The van der Waals surface area contributed by atoms with Crippen LogP contribution in [0.5, 0.6) is 0 Å². The fourth-order valence-electron chi connectivity index (χ4n) is 7.12. The maximum Gasteiger partial charge on any atom is 0.412 e. The van der Waals surface area contributed by atoms with Gasteiger partial charge in [-0.2, -0.15) is 5.26 Å². The summed E-state index contributed by atoms with van der Waals surface area (Å²) < 4.78 is 49.2. The summed E-state index contributed by atoms with van der Waals surface area (Å²) in [4.78, 5) is 43.3. The number of nitrogens with one attached hydrogen (secondary N) is 1. The number of amides is 2. The number of piperidine rings is 1. The molecule has 12 nitrogen and oxygen atoms in total. The summed E-state index contributed by atoms with van der Waals surface area (Å²) in [5.41, 5.74) is -0.200. The first-order valence-corrected chi connectivity index (χ1v) is 17.3. The highest BCUT2D eigenvalue weighted by Gasteiger charge is 2.44. The van der Waals surface area contributed by atoms with Gasteiger partial charge < -0.3 is 24.0 Å². The molecule has 1 N–H and O–H groups in total.